The molecular formula is C12H13N3O3S. The number of carbonyl (C=O) groups excluding carboxylic acids is 1. The Morgan fingerprint density at radius 1 is 1.47 bits per heavy atom. The molecule has 0 aliphatic heterocycles. The van der Waals surface area contributed by atoms with Crippen LogP contribution in [-0.2, 0) is 0 Å². The van der Waals surface area contributed by atoms with Crippen LogP contribution in [-0.4, -0.2) is 40.1 Å². The molecule has 0 aliphatic rings. The highest BCUT2D eigenvalue weighted by atomic mass is 32.2. The fourth-order valence-electron chi connectivity index (χ4n) is 1.14. The summed E-state index contributed by atoms with van der Waals surface area (Å²) in [7, 11) is 0. The number of carbonyl (C=O) groups is 2. The van der Waals surface area contributed by atoms with Gasteiger partial charge in [-0.05, 0) is 12.1 Å². The molecule has 100 valence electrons. The number of amides is 2. The summed E-state index contributed by atoms with van der Waals surface area (Å²) < 4.78 is 0. The first kappa shape index (κ1) is 14.9. The van der Waals surface area contributed by atoms with E-state index in [9.17, 15) is 9.59 Å². The highest BCUT2D eigenvalue weighted by Crippen LogP contribution is 2.05. The Morgan fingerprint density at radius 3 is 2.84 bits per heavy atom. The summed E-state index contributed by atoms with van der Waals surface area (Å²) in [6, 6.07) is 2.43. The molecule has 19 heavy (non-hydrogen) atoms. The van der Waals surface area contributed by atoms with Gasteiger partial charge in [-0.15, -0.1) is 18.2 Å². The number of hydrogen-bond donors (Lipinski definition) is 3. The normalized spacial score (nSPS) is 9.42. The van der Waals surface area contributed by atoms with Crippen molar-refractivity contribution in [3.63, 3.8) is 0 Å². The van der Waals surface area contributed by atoms with Crippen LogP contribution in [0.1, 0.15) is 10.5 Å². The number of aromatic nitrogens is 1. The van der Waals surface area contributed by atoms with Crippen molar-refractivity contribution in [2.24, 2.45) is 0 Å². The molecule has 0 fully saturated rings. The molecule has 1 aromatic rings. The van der Waals surface area contributed by atoms with Gasteiger partial charge in [0.1, 0.15) is 5.69 Å². The molecule has 0 bridgehead atoms. The molecule has 0 aliphatic carbocycles. The molecule has 0 saturated heterocycles. The van der Waals surface area contributed by atoms with Crippen molar-refractivity contribution >= 4 is 29.4 Å². The Hall–Kier alpha value is -2.20. The van der Waals surface area contributed by atoms with Gasteiger partial charge in [0, 0.05) is 12.3 Å². The van der Waals surface area contributed by atoms with E-state index in [0.29, 0.717) is 18.0 Å². The van der Waals surface area contributed by atoms with Crippen LogP contribution in [0.4, 0.5) is 10.5 Å². The first-order valence-corrected chi connectivity index (χ1v) is 6.54. The number of hydrogen-bond acceptors (Lipinski definition) is 4. The van der Waals surface area contributed by atoms with E-state index < -0.39 is 5.97 Å². The minimum Gasteiger partial charge on any atom is -0.477 e. The van der Waals surface area contributed by atoms with Crippen LogP contribution in [0.5, 0.6) is 0 Å². The number of urea groups is 1. The zero-order valence-electron chi connectivity index (χ0n) is 10.0. The van der Waals surface area contributed by atoms with Gasteiger partial charge in [0.2, 0.25) is 0 Å². The summed E-state index contributed by atoms with van der Waals surface area (Å²) >= 11 is 1.55. The summed E-state index contributed by atoms with van der Waals surface area (Å²) in [5.74, 6) is 2.72. The monoisotopic (exact) mass is 279 g/mol. The van der Waals surface area contributed by atoms with Crippen molar-refractivity contribution in [2.75, 3.05) is 23.4 Å². The molecule has 0 radical (unpaired) electrons. The van der Waals surface area contributed by atoms with Gasteiger partial charge in [0.25, 0.3) is 0 Å². The molecule has 0 unspecified atom stereocenters. The van der Waals surface area contributed by atoms with Gasteiger partial charge in [-0.25, -0.2) is 14.6 Å². The van der Waals surface area contributed by atoms with Crippen LogP contribution in [0.2, 0.25) is 0 Å². The van der Waals surface area contributed by atoms with E-state index in [1.165, 1.54) is 18.3 Å². The van der Waals surface area contributed by atoms with Gasteiger partial charge < -0.3 is 15.7 Å². The Balaban J connectivity index is 2.32. The van der Waals surface area contributed by atoms with Crippen molar-refractivity contribution in [1.82, 2.24) is 10.3 Å². The molecule has 0 saturated carbocycles. The van der Waals surface area contributed by atoms with E-state index in [4.69, 9.17) is 11.5 Å². The number of aromatic carboxylic acids is 1. The van der Waals surface area contributed by atoms with E-state index >= 15 is 0 Å². The average molecular weight is 279 g/mol. The lowest BCUT2D eigenvalue weighted by Crippen LogP contribution is -2.30. The average Bonchev–Trinajstić information content (AvgIpc) is 2.39. The maximum atomic E-state index is 11.4. The number of carboxylic acid groups (broad SMARTS) is 1. The number of pyridine rings is 1. The SMILES string of the molecule is C#CCSCCNC(=O)Nc1ccc(C(=O)O)nc1. The highest BCUT2D eigenvalue weighted by molar-refractivity contribution is 7.99. The number of terminal acetylenes is 1. The van der Waals surface area contributed by atoms with Gasteiger partial charge in [-0.2, -0.15) is 0 Å². The molecular weight excluding hydrogens is 266 g/mol. The molecule has 2 amide bonds. The predicted molar refractivity (Wildman–Crippen MR) is 74.4 cm³/mol. The number of thioether (sulfide) groups is 1. The second kappa shape index (κ2) is 8.00. The third-order valence-electron chi connectivity index (χ3n) is 1.96. The first-order valence-electron chi connectivity index (χ1n) is 5.39. The first-order chi connectivity index (χ1) is 9.13. The number of anilines is 1. The van der Waals surface area contributed by atoms with Gasteiger partial charge in [0.05, 0.1) is 17.6 Å². The second-order valence-electron chi connectivity index (χ2n) is 3.37. The summed E-state index contributed by atoms with van der Waals surface area (Å²) in [4.78, 5) is 25.7. The van der Waals surface area contributed by atoms with E-state index in [1.54, 1.807) is 11.8 Å². The Bertz CT molecular complexity index is 482. The van der Waals surface area contributed by atoms with Crippen molar-refractivity contribution < 1.29 is 14.7 Å². The second-order valence-corrected chi connectivity index (χ2v) is 4.48. The Labute approximate surface area is 115 Å². The number of carboxylic acids is 1. The third kappa shape index (κ3) is 5.79. The van der Waals surface area contributed by atoms with Gasteiger partial charge in [0.15, 0.2) is 0 Å². The van der Waals surface area contributed by atoms with Crippen LogP contribution < -0.4 is 10.6 Å². The largest absolute Gasteiger partial charge is 0.477 e. The predicted octanol–water partition coefficient (Wildman–Crippen LogP) is 1.27. The lowest BCUT2D eigenvalue weighted by Gasteiger charge is -2.06. The fourth-order valence-corrected chi connectivity index (χ4v) is 1.65. The maximum absolute atomic E-state index is 11.4. The molecule has 3 N–H and O–H groups in total. The number of nitrogens with zero attached hydrogens (tertiary/aromatic N) is 1. The van der Waals surface area contributed by atoms with Crippen LogP contribution in [0.25, 0.3) is 0 Å². The Kier molecular flexibility index (Phi) is 6.26. The zero-order valence-corrected chi connectivity index (χ0v) is 10.9. The molecule has 7 heteroatoms. The Morgan fingerprint density at radius 2 is 2.26 bits per heavy atom. The van der Waals surface area contributed by atoms with Crippen LogP contribution >= 0.6 is 11.8 Å². The maximum Gasteiger partial charge on any atom is 0.354 e. The highest BCUT2D eigenvalue weighted by Gasteiger charge is 2.05. The minimum atomic E-state index is -1.11. The van der Waals surface area contributed by atoms with Crippen LogP contribution in [0, 0.1) is 12.3 Å². The minimum absolute atomic E-state index is 0.0726. The molecule has 1 rings (SSSR count). The third-order valence-corrected chi connectivity index (χ3v) is 2.82. The number of rotatable bonds is 6. The van der Waals surface area contributed by atoms with E-state index in [2.05, 4.69) is 21.5 Å². The molecule has 6 nitrogen and oxygen atoms in total. The fraction of sp³-hybridized carbons (Fsp3) is 0.250. The molecule has 0 spiro atoms. The molecule has 0 atom stereocenters. The summed E-state index contributed by atoms with van der Waals surface area (Å²) in [5.41, 5.74) is 0.357. The summed E-state index contributed by atoms with van der Waals surface area (Å²) in [6.07, 6.45) is 6.37. The van der Waals surface area contributed by atoms with Crippen LogP contribution in [0.3, 0.4) is 0 Å². The quantitative estimate of drug-likeness (QED) is 0.539. The lowest BCUT2D eigenvalue weighted by molar-refractivity contribution is 0.0690. The van der Waals surface area contributed by atoms with Crippen molar-refractivity contribution in [2.45, 2.75) is 0 Å². The van der Waals surface area contributed by atoms with Crippen LogP contribution in [0.15, 0.2) is 18.3 Å². The lowest BCUT2D eigenvalue weighted by atomic mass is 10.3. The standard InChI is InChI=1S/C12H13N3O3S/c1-2-6-19-7-5-13-12(18)15-9-3-4-10(11(16)17)14-8-9/h1,3-4,8H,5-7H2,(H,16,17)(H2,13,15,18). The number of nitrogens with one attached hydrogen (secondary N) is 2. The zero-order chi connectivity index (χ0) is 14.1. The van der Waals surface area contributed by atoms with Crippen molar-refractivity contribution in [3.05, 3.63) is 24.0 Å². The summed E-state index contributed by atoms with van der Waals surface area (Å²) in [6.45, 7) is 0.499. The smallest absolute Gasteiger partial charge is 0.354 e. The molecule has 0 aromatic carbocycles. The van der Waals surface area contributed by atoms with Gasteiger partial charge >= 0.3 is 12.0 Å². The van der Waals surface area contributed by atoms with E-state index in [0.717, 1.165) is 5.75 Å². The van der Waals surface area contributed by atoms with Crippen molar-refractivity contribution in [3.8, 4) is 12.3 Å². The van der Waals surface area contributed by atoms with Gasteiger partial charge in [-0.1, -0.05) is 5.92 Å². The molecule has 1 aromatic heterocycles. The van der Waals surface area contributed by atoms with Crippen molar-refractivity contribution in [1.29, 1.82) is 0 Å². The van der Waals surface area contributed by atoms with E-state index in [-0.39, 0.29) is 11.7 Å². The van der Waals surface area contributed by atoms with Gasteiger partial charge in [-0.3, -0.25) is 0 Å². The summed E-state index contributed by atoms with van der Waals surface area (Å²) in [5, 5.41) is 13.9. The topological polar surface area (TPSA) is 91.3 Å². The molecule has 1 heterocycles. The van der Waals surface area contributed by atoms with E-state index in [1.807, 2.05) is 0 Å².